The summed E-state index contributed by atoms with van der Waals surface area (Å²) in [5.74, 6) is -1.03. The van der Waals surface area contributed by atoms with E-state index < -0.39 is 21.8 Å². The van der Waals surface area contributed by atoms with Crippen LogP contribution in [0.1, 0.15) is 58.9 Å². The lowest BCUT2D eigenvalue weighted by atomic mass is 10.0. The number of nitrogens with zero attached hydrogens (tertiary/aromatic N) is 2. The molecule has 0 atom stereocenters. The number of hydrogen-bond donors (Lipinski definition) is 1. The third kappa shape index (κ3) is 4.36. The predicted octanol–water partition coefficient (Wildman–Crippen LogP) is 5.12. The summed E-state index contributed by atoms with van der Waals surface area (Å²) in [4.78, 5) is 31.6. The molecule has 0 radical (unpaired) electrons. The van der Waals surface area contributed by atoms with Crippen molar-refractivity contribution in [1.29, 1.82) is 0 Å². The van der Waals surface area contributed by atoms with Crippen molar-refractivity contribution >= 4 is 45.3 Å². The fourth-order valence-corrected chi connectivity index (χ4v) is 4.97. The summed E-state index contributed by atoms with van der Waals surface area (Å²) in [5.41, 5.74) is 1.19. The van der Waals surface area contributed by atoms with E-state index in [-0.39, 0.29) is 32.7 Å². The number of carbonyl (C=O) groups is 2. The van der Waals surface area contributed by atoms with Crippen LogP contribution >= 0.6 is 11.6 Å². The van der Waals surface area contributed by atoms with Gasteiger partial charge in [0, 0.05) is 6.20 Å². The number of amides is 2. The molecule has 2 aromatic carbocycles. The van der Waals surface area contributed by atoms with Gasteiger partial charge in [0.05, 0.1) is 38.6 Å². The lowest BCUT2D eigenvalue weighted by Gasteiger charge is -2.15. The molecule has 0 saturated heterocycles. The molecule has 2 heterocycles. The normalized spacial score (nSPS) is 19.5. The molecule has 2 aliphatic rings. The first kappa shape index (κ1) is 22.9. The van der Waals surface area contributed by atoms with Gasteiger partial charge in [-0.2, -0.15) is 0 Å². The van der Waals surface area contributed by atoms with Crippen LogP contribution in [0.25, 0.3) is 0 Å². The Bertz CT molecular complexity index is 1330. The molecule has 7 nitrogen and oxygen atoms in total. The Hall–Kier alpha value is -3.23. The van der Waals surface area contributed by atoms with Gasteiger partial charge in [0.25, 0.3) is 21.8 Å². The third-order valence-corrected chi connectivity index (χ3v) is 7.13. The summed E-state index contributed by atoms with van der Waals surface area (Å²) >= 11 is 6.26. The summed E-state index contributed by atoms with van der Waals surface area (Å²) in [6.45, 7) is 4.03. The van der Waals surface area contributed by atoms with Crippen molar-refractivity contribution in [3.63, 3.8) is 0 Å². The van der Waals surface area contributed by atoms with E-state index in [0.29, 0.717) is 18.5 Å². The van der Waals surface area contributed by atoms with Crippen LogP contribution in [0, 0.1) is 0 Å². The first-order valence-corrected chi connectivity index (χ1v) is 12.3. The molecule has 2 amide bonds. The lowest BCUT2D eigenvalue weighted by molar-refractivity contribution is 0.0713. The average Bonchev–Trinajstić information content (AvgIpc) is 3.02. The maximum atomic E-state index is 13.3. The van der Waals surface area contributed by atoms with Crippen LogP contribution < -0.4 is 4.72 Å². The smallest absolute Gasteiger partial charge is 0.268 e. The Morgan fingerprint density at radius 2 is 1.70 bits per heavy atom. The summed E-state index contributed by atoms with van der Waals surface area (Å²) in [6.07, 6.45) is 7.97. The Kier molecular flexibility index (Phi) is 6.23. The topological polar surface area (TPSA) is 95.9 Å². The second kappa shape index (κ2) is 8.96. The summed E-state index contributed by atoms with van der Waals surface area (Å²) in [5, 5.41) is 0.0679. The molecular weight excluding hydrogens is 462 g/mol. The number of fused-ring (bicyclic) bond motifs is 1. The molecule has 4 rings (SSSR count). The van der Waals surface area contributed by atoms with Crippen LogP contribution in [0.4, 0.5) is 5.69 Å². The minimum atomic E-state index is -4.01. The molecular formula is C24H22ClN3O4S. The largest absolute Gasteiger partial charge is 0.279 e. The monoisotopic (exact) mass is 483 g/mol. The molecule has 0 aliphatic carbocycles. The fourth-order valence-electron chi connectivity index (χ4n) is 3.66. The second-order valence-electron chi connectivity index (χ2n) is 7.99. The van der Waals surface area contributed by atoms with Gasteiger partial charge >= 0.3 is 0 Å². The number of halogens is 1. The van der Waals surface area contributed by atoms with Crippen molar-refractivity contribution in [2.45, 2.75) is 37.5 Å². The molecule has 0 aromatic heterocycles. The van der Waals surface area contributed by atoms with Gasteiger partial charge in [-0.1, -0.05) is 49.7 Å². The molecule has 2 aliphatic heterocycles. The van der Waals surface area contributed by atoms with E-state index in [9.17, 15) is 18.0 Å². The molecule has 0 saturated carbocycles. The quantitative estimate of drug-likeness (QED) is 0.597. The second-order valence-corrected chi connectivity index (χ2v) is 10.1. The first-order valence-electron chi connectivity index (χ1n) is 10.4. The SMILES string of the molecule is CC(C)c1ccc(S(=O)(=O)Nc2ccc(Cl)c3c2C(=O)N(C2=C/CC/C=C/N=C\2)C3=O)cc1. The van der Waals surface area contributed by atoms with E-state index in [4.69, 9.17) is 11.6 Å². The number of hydrogen-bond acceptors (Lipinski definition) is 5. The molecule has 0 spiro atoms. The van der Waals surface area contributed by atoms with Crippen LogP contribution in [-0.2, 0) is 10.0 Å². The highest BCUT2D eigenvalue weighted by atomic mass is 35.5. The van der Waals surface area contributed by atoms with Crippen LogP contribution in [0.3, 0.4) is 0 Å². The predicted molar refractivity (Wildman–Crippen MR) is 128 cm³/mol. The van der Waals surface area contributed by atoms with Gasteiger partial charge in [-0.25, -0.2) is 13.3 Å². The Morgan fingerprint density at radius 1 is 1.00 bits per heavy atom. The number of benzene rings is 2. The Labute approximate surface area is 197 Å². The van der Waals surface area contributed by atoms with Gasteiger partial charge in [-0.05, 0) is 48.6 Å². The zero-order valence-electron chi connectivity index (χ0n) is 18.1. The molecule has 0 fully saturated rings. The first-order chi connectivity index (χ1) is 15.7. The molecule has 1 N–H and O–H groups in total. The van der Waals surface area contributed by atoms with Gasteiger partial charge in [0.1, 0.15) is 0 Å². The number of imide groups is 1. The van der Waals surface area contributed by atoms with E-state index in [1.165, 1.54) is 30.5 Å². The minimum Gasteiger partial charge on any atom is -0.279 e. The van der Waals surface area contributed by atoms with Crippen molar-refractivity contribution in [3.8, 4) is 0 Å². The van der Waals surface area contributed by atoms with Crippen molar-refractivity contribution in [1.82, 2.24) is 4.90 Å². The van der Waals surface area contributed by atoms with Gasteiger partial charge in [-0.15, -0.1) is 0 Å². The molecule has 9 heteroatoms. The van der Waals surface area contributed by atoms with Gasteiger partial charge in [0.2, 0.25) is 0 Å². The Morgan fingerprint density at radius 3 is 2.39 bits per heavy atom. The van der Waals surface area contributed by atoms with Crippen molar-refractivity contribution in [3.05, 3.63) is 82.2 Å². The third-order valence-electron chi connectivity index (χ3n) is 5.43. The zero-order chi connectivity index (χ0) is 23.8. The van der Waals surface area contributed by atoms with E-state index in [1.807, 2.05) is 19.9 Å². The standard InChI is InChI=1S/C24H22ClN3O4S/c1-15(2)16-7-9-18(10-8-16)33(31,32)27-20-12-11-19(25)21-22(20)24(30)28(23(21)29)17-6-4-3-5-13-26-14-17/h5-15,27H,3-4H2,1-2H3/b13-5+,17-6+,26-14-. The van der Waals surface area contributed by atoms with E-state index in [2.05, 4.69) is 9.71 Å². The summed E-state index contributed by atoms with van der Waals surface area (Å²) in [6, 6.07) is 9.30. The summed E-state index contributed by atoms with van der Waals surface area (Å²) in [7, 11) is -4.01. The number of nitrogens with one attached hydrogen (secondary N) is 1. The molecule has 2 aromatic rings. The highest BCUT2D eigenvalue weighted by molar-refractivity contribution is 7.92. The van der Waals surface area contributed by atoms with Gasteiger partial charge in [-0.3, -0.25) is 19.3 Å². The van der Waals surface area contributed by atoms with E-state index >= 15 is 0 Å². The van der Waals surface area contributed by atoms with Crippen LogP contribution in [0.5, 0.6) is 0 Å². The maximum Gasteiger partial charge on any atom is 0.268 e. The van der Waals surface area contributed by atoms with E-state index in [0.717, 1.165) is 10.5 Å². The van der Waals surface area contributed by atoms with Crippen molar-refractivity contribution in [2.75, 3.05) is 4.72 Å². The van der Waals surface area contributed by atoms with Gasteiger partial charge in [0.15, 0.2) is 0 Å². The van der Waals surface area contributed by atoms with Crippen molar-refractivity contribution < 1.29 is 18.0 Å². The Balaban J connectivity index is 1.72. The lowest BCUT2D eigenvalue weighted by Crippen LogP contribution is -2.30. The van der Waals surface area contributed by atoms with E-state index in [1.54, 1.807) is 24.4 Å². The molecule has 170 valence electrons. The molecule has 0 bridgehead atoms. The number of rotatable bonds is 5. The number of allylic oxidation sites excluding steroid dienone is 3. The van der Waals surface area contributed by atoms with Crippen LogP contribution in [-0.4, -0.2) is 31.3 Å². The summed E-state index contributed by atoms with van der Waals surface area (Å²) < 4.78 is 28.5. The van der Waals surface area contributed by atoms with Crippen LogP contribution in [0.15, 0.2) is 70.3 Å². The highest BCUT2D eigenvalue weighted by Gasteiger charge is 2.41. The maximum absolute atomic E-state index is 13.3. The minimum absolute atomic E-state index is 0.00790. The molecule has 33 heavy (non-hydrogen) atoms. The molecule has 0 unspecified atom stereocenters. The number of anilines is 1. The van der Waals surface area contributed by atoms with Crippen molar-refractivity contribution in [2.24, 2.45) is 4.99 Å². The number of aliphatic imine (C=N–C) groups is 1. The van der Waals surface area contributed by atoms with Crippen LogP contribution in [0.2, 0.25) is 5.02 Å². The average molecular weight is 484 g/mol. The number of carbonyl (C=O) groups excluding carboxylic acids is 2. The fraction of sp³-hybridized carbons (Fsp3) is 0.208. The number of sulfonamides is 1. The zero-order valence-corrected chi connectivity index (χ0v) is 19.7. The highest BCUT2D eigenvalue weighted by Crippen LogP contribution is 2.37. The van der Waals surface area contributed by atoms with Gasteiger partial charge < -0.3 is 0 Å².